The van der Waals surface area contributed by atoms with E-state index in [1.165, 1.54) is 12.4 Å². The first-order chi connectivity index (χ1) is 7.11. The van der Waals surface area contributed by atoms with Crippen LogP contribution in [0.25, 0.3) is 10.9 Å². The standard InChI is InChI=1S/C10H8N2O3/c1-5-8(10(14)15)9(13)6-4-11-3-2-7(6)12-5/h2-4H,1H3,(H,12,13)(H,14,15). The van der Waals surface area contributed by atoms with Crippen LogP contribution in [-0.4, -0.2) is 26.2 Å². The molecule has 2 heterocycles. The molecule has 0 spiro atoms. The summed E-state index contributed by atoms with van der Waals surface area (Å²) in [6, 6.07) is 1.62. The minimum atomic E-state index is -1.19. The summed E-state index contributed by atoms with van der Waals surface area (Å²) in [5.74, 6) is -1.47. The number of aromatic hydroxyl groups is 1. The minimum Gasteiger partial charge on any atom is -0.506 e. The molecule has 0 bridgehead atoms. The molecule has 2 aromatic rings. The largest absolute Gasteiger partial charge is 0.506 e. The molecular formula is C10H8N2O3. The monoisotopic (exact) mass is 204 g/mol. The highest BCUT2D eigenvalue weighted by atomic mass is 16.4. The Balaban J connectivity index is 2.90. The molecule has 0 atom stereocenters. The van der Waals surface area contributed by atoms with E-state index in [4.69, 9.17) is 5.11 Å². The van der Waals surface area contributed by atoms with E-state index >= 15 is 0 Å². The average molecular weight is 204 g/mol. The summed E-state index contributed by atoms with van der Waals surface area (Å²) < 4.78 is 0. The molecule has 0 aliphatic carbocycles. The molecule has 0 aliphatic rings. The van der Waals surface area contributed by atoms with Gasteiger partial charge in [0, 0.05) is 12.4 Å². The fourth-order valence-electron chi connectivity index (χ4n) is 1.47. The number of aromatic nitrogens is 2. The molecule has 0 amide bonds. The molecule has 5 nitrogen and oxygen atoms in total. The maximum atomic E-state index is 10.9. The summed E-state index contributed by atoms with van der Waals surface area (Å²) in [4.78, 5) is 18.8. The third kappa shape index (κ3) is 1.38. The maximum Gasteiger partial charge on any atom is 0.341 e. The van der Waals surface area contributed by atoms with Crippen molar-refractivity contribution in [1.82, 2.24) is 9.97 Å². The first-order valence-electron chi connectivity index (χ1n) is 4.28. The van der Waals surface area contributed by atoms with E-state index in [0.717, 1.165) is 0 Å². The van der Waals surface area contributed by atoms with E-state index in [0.29, 0.717) is 16.6 Å². The summed E-state index contributed by atoms with van der Waals surface area (Å²) in [7, 11) is 0. The van der Waals surface area contributed by atoms with E-state index in [9.17, 15) is 9.90 Å². The first kappa shape index (κ1) is 9.39. The average Bonchev–Trinajstić information content (AvgIpc) is 2.17. The Bertz CT molecular complexity index is 552. The van der Waals surface area contributed by atoms with Crippen LogP contribution < -0.4 is 0 Å². The molecule has 2 rings (SSSR count). The molecule has 2 N–H and O–H groups in total. The molecule has 0 radical (unpaired) electrons. The van der Waals surface area contributed by atoms with Gasteiger partial charge >= 0.3 is 5.97 Å². The summed E-state index contributed by atoms with van der Waals surface area (Å²) >= 11 is 0. The Morgan fingerprint density at radius 2 is 2.20 bits per heavy atom. The highest BCUT2D eigenvalue weighted by Gasteiger charge is 2.17. The van der Waals surface area contributed by atoms with Crippen LogP contribution in [0.5, 0.6) is 5.75 Å². The molecule has 0 saturated carbocycles. The smallest absolute Gasteiger partial charge is 0.341 e. The summed E-state index contributed by atoms with van der Waals surface area (Å²) in [6.07, 6.45) is 2.93. The second kappa shape index (κ2) is 3.20. The van der Waals surface area contributed by atoms with Crippen LogP contribution in [0.3, 0.4) is 0 Å². The fourth-order valence-corrected chi connectivity index (χ4v) is 1.47. The second-order valence-corrected chi connectivity index (χ2v) is 3.12. The van der Waals surface area contributed by atoms with Gasteiger partial charge in [0.05, 0.1) is 16.6 Å². The van der Waals surface area contributed by atoms with Crippen molar-refractivity contribution in [1.29, 1.82) is 0 Å². The van der Waals surface area contributed by atoms with Crippen LogP contribution in [0.4, 0.5) is 0 Å². The van der Waals surface area contributed by atoms with Crippen molar-refractivity contribution in [2.45, 2.75) is 6.92 Å². The number of nitrogens with zero attached hydrogens (tertiary/aromatic N) is 2. The fraction of sp³-hybridized carbons (Fsp3) is 0.100. The molecule has 15 heavy (non-hydrogen) atoms. The van der Waals surface area contributed by atoms with Crippen LogP contribution in [0.15, 0.2) is 18.5 Å². The molecule has 0 saturated heterocycles. The SMILES string of the molecule is Cc1nc2ccncc2c(O)c1C(=O)O. The molecule has 76 valence electrons. The van der Waals surface area contributed by atoms with E-state index < -0.39 is 5.97 Å². The van der Waals surface area contributed by atoms with Crippen molar-refractivity contribution in [2.24, 2.45) is 0 Å². The van der Waals surface area contributed by atoms with Crippen LogP contribution in [0.2, 0.25) is 0 Å². The Labute approximate surface area is 85.0 Å². The molecule has 0 unspecified atom stereocenters. The van der Waals surface area contributed by atoms with E-state index in [-0.39, 0.29) is 11.3 Å². The third-order valence-corrected chi connectivity index (χ3v) is 2.15. The number of fused-ring (bicyclic) bond motifs is 1. The lowest BCUT2D eigenvalue weighted by molar-refractivity contribution is 0.0692. The van der Waals surface area contributed by atoms with Crippen LogP contribution in [0.1, 0.15) is 16.1 Å². The number of aromatic carboxylic acids is 1. The molecule has 5 heteroatoms. The Morgan fingerprint density at radius 3 is 2.87 bits per heavy atom. The zero-order valence-electron chi connectivity index (χ0n) is 7.93. The Kier molecular flexibility index (Phi) is 2.00. The molecule has 0 aliphatic heterocycles. The van der Waals surface area contributed by atoms with Gasteiger partial charge in [0.1, 0.15) is 11.3 Å². The van der Waals surface area contributed by atoms with Crippen molar-refractivity contribution < 1.29 is 15.0 Å². The number of hydrogen-bond donors (Lipinski definition) is 2. The van der Waals surface area contributed by atoms with Crippen molar-refractivity contribution in [3.8, 4) is 5.75 Å². The zero-order valence-corrected chi connectivity index (χ0v) is 7.93. The zero-order chi connectivity index (χ0) is 11.0. The van der Waals surface area contributed by atoms with Gasteiger partial charge in [-0.05, 0) is 13.0 Å². The molecule has 0 fully saturated rings. The predicted octanol–water partition coefficient (Wildman–Crippen LogP) is 1.34. The van der Waals surface area contributed by atoms with Gasteiger partial charge in [-0.25, -0.2) is 4.79 Å². The quantitative estimate of drug-likeness (QED) is 0.732. The van der Waals surface area contributed by atoms with E-state index in [2.05, 4.69) is 9.97 Å². The second-order valence-electron chi connectivity index (χ2n) is 3.12. The lowest BCUT2D eigenvalue weighted by Gasteiger charge is -2.06. The van der Waals surface area contributed by atoms with Crippen LogP contribution >= 0.6 is 0 Å². The van der Waals surface area contributed by atoms with Crippen molar-refractivity contribution >= 4 is 16.9 Å². The van der Waals surface area contributed by atoms with Gasteiger partial charge in [0.2, 0.25) is 0 Å². The maximum absolute atomic E-state index is 10.9. The van der Waals surface area contributed by atoms with Crippen molar-refractivity contribution in [3.05, 3.63) is 29.7 Å². The Hall–Kier alpha value is -2.17. The summed E-state index contributed by atoms with van der Waals surface area (Å²) in [5.41, 5.74) is 0.652. The normalized spacial score (nSPS) is 10.5. The van der Waals surface area contributed by atoms with Gasteiger partial charge < -0.3 is 10.2 Å². The Morgan fingerprint density at radius 1 is 1.47 bits per heavy atom. The number of hydrogen-bond acceptors (Lipinski definition) is 4. The topological polar surface area (TPSA) is 83.3 Å². The van der Waals surface area contributed by atoms with Gasteiger partial charge in [0.25, 0.3) is 0 Å². The van der Waals surface area contributed by atoms with Gasteiger partial charge in [-0.1, -0.05) is 0 Å². The summed E-state index contributed by atoms with van der Waals surface area (Å²) in [6.45, 7) is 1.54. The highest BCUT2D eigenvalue weighted by molar-refractivity contribution is 5.99. The van der Waals surface area contributed by atoms with E-state index in [1.54, 1.807) is 13.0 Å². The van der Waals surface area contributed by atoms with Gasteiger partial charge in [-0.15, -0.1) is 0 Å². The summed E-state index contributed by atoms with van der Waals surface area (Å²) in [5, 5.41) is 19.0. The number of aryl methyl sites for hydroxylation is 1. The highest BCUT2D eigenvalue weighted by Crippen LogP contribution is 2.28. The number of rotatable bonds is 1. The van der Waals surface area contributed by atoms with Crippen LogP contribution in [0, 0.1) is 6.92 Å². The van der Waals surface area contributed by atoms with E-state index in [1.807, 2.05) is 0 Å². The first-order valence-corrected chi connectivity index (χ1v) is 4.28. The molecule has 0 aromatic carbocycles. The molecular weight excluding hydrogens is 196 g/mol. The predicted molar refractivity (Wildman–Crippen MR) is 52.9 cm³/mol. The van der Waals surface area contributed by atoms with Crippen LogP contribution in [-0.2, 0) is 0 Å². The third-order valence-electron chi connectivity index (χ3n) is 2.15. The van der Waals surface area contributed by atoms with Gasteiger partial charge in [0.15, 0.2) is 0 Å². The van der Waals surface area contributed by atoms with Crippen molar-refractivity contribution in [3.63, 3.8) is 0 Å². The van der Waals surface area contributed by atoms with Gasteiger partial charge in [-0.2, -0.15) is 0 Å². The van der Waals surface area contributed by atoms with Crippen molar-refractivity contribution in [2.75, 3.05) is 0 Å². The van der Waals surface area contributed by atoms with Gasteiger partial charge in [-0.3, -0.25) is 9.97 Å². The lowest BCUT2D eigenvalue weighted by Crippen LogP contribution is -2.03. The minimum absolute atomic E-state index is 0.171. The lowest BCUT2D eigenvalue weighted by atomic mass is 10.1. The number of carbonyl (C=O) groups is 1. The number of carboxylic acids is 1. The number of carboxylic acid groups (broad SMARTS) is 1. The molecule has 2 aromatic heterocycles. The number of pyridine rings is 2.